The zero-order valence-electron chi connectivity index (χ0n) is 11.2. The summed E-state index contributed by atoms with van der Waals surface area (Å²) in [7, 11) is 0. The molecule has 0 aromatic heterocycles. The third-order valence-electron chi connectivity index (χ3n) is 2.94. The molecular weight excluding hydrogens is 218 g/mol. The van der Waals surface area contributed by atoms with Crippen LogP contribution in [-0.2, 0) is 9.47 Å². The van der Waals surface area contributed by atoms with E-state index in [0.29, 0.717) is 19.3 Å². The quantitative estimate of drug-likeness (QED) is 0.602. The third kappa shape index (κ3) is 7.71. The lowest BCUT2D eigenvalue weighted by atomic mass is 10.3. The highest BCUT2D eigenvalue weighted by Crippen LogP contribution is 2.20. The number of nitrogens with one attached hydrogen (secondary N) is 1. The molecule has 0 spiro atoms. The van der Waals surface area contributed by atoms with Crippen molar-refractivity contribution in [2.24, 2.45) is 0 Å². The molecule has 1 unspecified atom stereocenters. The minimum Gasteiger partial charge on any atom is -0.389 e. The summed E-state index contributed by atoms with van der Waals surface area (Å²) in [5, 5.41) is 12.8. The summed E-state index contributed by atoms with van der Waals surface area (Å²) >= 11 is 0. The Kier molecular flexibility index (Phi) is 7.77. The monoisotopic (exact) mass is 245 g/mol. The average molecular weight is 245 g/mol. The van der Waals surface area contributed by atoms with E-state index < -0.39 is 6.10 Å². The highest BCUT2D eigenvalue weighted by Gasteiger charge is 2.14. The predicted molar refractivity (Wildman–Crippen MR) is 68.2 cm³/mol. The summed E-state index contributed by atoms with van der Waals surface area (Å²) in [6.07, 6.45) is 5.27. The Morgan fingerprint density at radius 3 is 2.65 bits per heavy atom. The summed E-state index contributed by atoms with van der Waals surface area (Å²) < 4.78 is 11.0. The van der Waals surface area contributed by atoms with Gasteiger partial charge in [-0.25, -0.2) is 0 Å². The van der Waals surface area contributed by atoms with Crippen LogP contribution in [0.25, 0.3) is 0 Å². The maximum atomic E-state index is 9.58. The molecule has 0 amide bonds. The van der Waals surface area contributed by atoms with Gasteiger partial charge in [0.25, 0.3) is 0 Å². The molecule has 2 N–H and O–H groups in total. The SMILES string of the molecule is CC(C)OCC(O)CNCCOC1CCCC1. The Morgan fingerprint density at radius 1 is 1.29 bits per heavy atom. The van der Waals surface area contributed by atoms with Crippen LogP contribution in [0.15, 0.2) is 0 Å². The molecule has 1 saturated carbocycles. The number of aliphatic hydroxyl groups excluding tert-OH is 1. The first-order valence-corrected chi connectivity index (χ1v) is 6.80. The molecular formula is C13H27NO3. The van der Waals surface area contributed by atoms with Crippen molar-refractivity contribution in [3.05, 3.63) is 0 Å². The smallest absolute Gasteiger partial charge is 0.0897 e. The van der Waals surface area contributed by atoms with Crippen LogP contribution in [0.1, 0.15) is 39.5 Å². The zero-order chi connectivity index (χ0) is 12.5. The van der Waals surface area contributed by atoms with Crippen molar-refractivity contribution in [3.8, 4) is 0 Å². The van der Waals surface area contributed by atoms with Crippen molar-refractivity contribution >= 4 is 0 Å². The van der Waals surface area contributed by atoms with E-state index in [9.17, 15) is 5.11 Å². The minimum absolute atomic E-state index is 0.176. The summed E-state index contributed by atoms with van der Waals surface area (Å²) in [6.45, 7) is 6.44. The van der Waals surface area contributed by atoms with Crippen LogP contribution in [-0.4, -0.2) is 49.7 Å². The molecule has 0 bridgehead atoms. The largest absolute Gasteiger partial charge is 0.389 e. The maximum absolute atomic E-state index is 9.58. The second-order valence-electron chi connectivity index (χ2n) is 5.02. The number of aliphatic hydroxyl groups is 1. The van der Waals surface area contributed by atoms with E-state index in [1.54, 1.807) is 0 Å². The maximum Gasteiger partial charge on any atom is 0.0897 e. The standard InChI is InChI=1S/C13H27NO3/c1-11(2)17-10-12(15)9-14-7-8-16-13-5-3-4-6-13/h11-15H,3-10H2,1-2H3. The molecule has 1 aliphatic rings. The van der Waals surface area contributed by atoms with Gasteiger partial charge < -0.3 is 19.9 Å². The lowest BCUT2D eigenvalue weighted by Gasteiger charge is -2.15. The van der Waals surface area contributed by atoms with Crippen molar-refractivity contribution < 1.29 is 14.6 Å². The Balaban J connectivity index is 1.85. The van der Waals surface area contributed by atoms with E-state index in [2.05, 4.69) is 5.32 Å². The zero-order valence-corrected chi connectivity index (χ0v) is 11.2. The first-order valence-electron chi connectivity index (χ1n) is 6.80. The highest BCUT2D eigenvalue weighted by molar-refractivity contribution is 4.67. The van der Waals surface area contributed by atoms with Gasteiger partial charge in [-0.2, -0.15) is 0 Å². The third-order valence-corrected chi connectivity index (χ3v) is 2.94. The fourth-order valence-corrected chi connectivity index (χ4v) is 1.98. The molecule has 0 aromatic rings. The Bertz CT molecular complexity index is 182. The Labute approximate surface area is 105 Å². The Hall–Kier alpha value is -0.160. The summed E-state index contributed by atoms with van der Waals surface area (Å²) in [5.41, 5.74) is 0. The van der Waals surface area contributed by atoms with Crippen LogP contribution in [0.3, 0.4) is 0 Å². The van der Waals surface area contributed by atoms with Crippen LogP contribution >= 0.6 is 0 Å². The van der Waals surface area contributed by atoms with E-state index in [0.717, 1.165) is 13.2 Å². The number of hydrogen-bond acceptors (Lipinski definition) is 4. The molecule has 1 fully saturated rings. The van der Waals surface area contributed by atoms with Gasteiger partial charge in [-0.3, -0.25) is 0 Å². The second-order valence-corrected chi connectivity index (χ2v) is 5.02. The van der Waals surface area contributed by atoms with E-state index in [4.69, 9.17) is 9.47 Å². The van der Waals surface area contributed by atoms with Crippen molar-refractivity contribution in [2.75, 3.05) is 26.3 Å². The summed E-state index contributed by atoms with van der Waals surface area (Å²) in [4.78, 5) is 0. The van der Waals surface area contributed by atoms with Gasteiger partial charge in [0.1, 0.15) is 0 Å². The predicted octanol–water partition coefficient (Wildman–Crippen LogP) is 1.32. The number of ether oxygens (including phenoxy) is 2. The molecule has 1 atom stereocenters. The van der Waals surface area contributed by atoms with Crippen molar-refractivity contribution in [3.63, 3.8) is 0 Å². The van der Waals surface area contributed by atoms with Gasteiger partial charge in [-0.15, -0.1) is 0 Å². The van der Waals surface area contributed by atoms with Crippen LogP contribution in [0.2, 0.25) is 0 Å². The van der Waals surface area contributed by atoms with Gasteiger partial charge in [0.05, 0.1) is 31.5 Å². The number of rotatable bonds is 9. The van der Waals surface area contributed by atoms with Gasteiger partial charge in [0.15, 0.2) is 0 Å². The normalized spacial score (nSPS) is 19.1. The first kappa shape index (κ1) is 14.9. The van der Waals surface area contributed by atoms with Gasteiger partial charge in [-0.1, -0.05) is 12.8 Å². The van der Waals surface area contributed by atoms with Gasteiger partial charge in [0, 0.05) is 13.1 Å². The molecule has 17 heavy (non-hydrogen) atoms. The fraction of sp³-hybridized carbons (Fsp3) is 1.00. The molecule has 1 rings (SSSR count). The average Bonchev–Trinajstić information content (AvgIpc) is 2.79. The lowest BCUT2D eigenvalue weighted by Crippen LogP contribution is -2.33. The van der Waals surface area contributed by atoms with Crippen LogP contribution in [0, 0.1) is 0 Å². The van der Waals surface area contributed by atoms with Gasteiger partial charge in [0.2, 0.25) is 0 Å². The van der Waals surface area contributed by atoms with E-state index >= 15 is 0 Å². The van der Waals surface area contributed by atoms with E-state index in [-0.39, 0.29) is 6.10 Å². The molecule has 4 heteroatoms. The lowest BCUT2D eigenvalue weighted by molar-refractivity contribution is 0.00472. The van der Waals surface area contributed by atoms with Gasteiger partial charge >= 0.3 is 0 Å². The topological polar surface area (TPSA) is 50.7 Å². The summed E-state index contributed by atoms with van der Waals surface area (Å²) in [6, 6.07) is 0. The Morgan fingerprint density at radius 2 is 2.00 bits per heavy atom. The number of hydrogen-bond donors (Lipinski definition) is 2. The summed E-state index contributed by atoms with van der Waals surface area (Å²) in [5.74, 6) is 0. The van der Waals surface area contributed by atoms with Crippen molar-refractivity contribution in [1.82, 2.24) is 5.32 Å². The van der Waals surface area contributed by atoms with Crippen LogP contribution in [0.5, 0.6) is 0 Å². The molecule has 0 saturated heterocycles. The first-order chi connectivity index (χ1) is 8.18. The van der Waals surface area contributed by atoms with E-state index in [1.165, 1.54) is 25.7 Å². The minimum atomic E-state index is -0.427. The fourth-order valence-electron chi connectivity index (χ4n) is 1.98. The van der Waals surface area contributed by atoms with Crippen molar-refractivity contribution in [1.29, 1.82) is 0 Å². The van der Waals surface area contributed by atoms with Crippen molar-refractivity contribution in [2.45, 2.75) is 57.8 Å². The van der Waals surface area contributed by atoms with Gasteiger partial charge in [-0.05, 0) is 26.7 Å². The highest BCUT2D eigenvalue weighted by atomic mass is 16.5. The van der Waals surface area contributed by atoms with Crippen LogP contribution in [0.4, 0.5) is 0 Å². The molecule has 0 aliphatic heterocycles. The van der Waals surface area contributed by atoms with E-state index in [1.807, 2.05) is 13.8 Å². The van der Waals surface area contributed by atoms with Crippen LogP contribution < -0.4 is 5.32 Å². The second kappa shape index (κ2) is 8.86. The molecule has 0 aromatic carbocycles. The molecule has 0 radical (unpaired) electrons. The molecule has 4 nitrogen and oxygen atoms in total. The molecule has 102 valence electrons. The molecule has 1 aliphatic carbocycles. The molecule has 0 heterocycles.